The first-order valence-electron chi connectivity index (χ1n) is 9.99. The molecule has 1 N–H and O–H groups in total. The van der Waals surface area contributed by atoms with Crippen LogP contribution in [0.2, 0.25) is 0 Å². The van der Waals surface area contributed by atoms with Gasteiger partial charge in [-0.15, -0.1) is 0 Å². The highest BCUT2D eigenvalue weighted by Gasteiger charge is 2.31. The number of anilines is 1. The number of sulfonamides is 1. The molecule has 1 amide bonds. The summed E-state index contributed by atoms with van der Waals surface area (Å²) in [6.07, 6.45) is 1.34. The predicted molar refractivity (Wildman–Crippen MR) is 130 cm³/mol. The standard InChI is InChI=1S/C22H17BrN4O7S/c23-17-11-21-20(33-14-34-21)10-15(17)12-24-25-22(28)13-26(18-8-4-5-9-19(18)27(29)30)35(31,32)16-6-2-1-3-7-16/h1-12H,13-14H2,(H,25,28)/b24-12-. The molecule has 0 atom stereocenters. The Balaban J connectivity index is 1.60. The molecule has 0 aromatic heterocycles. The number of fused-ring (bicyclic) bond motifs is 1. The molecule has 0 saturated carbocycles. The van der Waals surface area contributed by atoms with Crippen molar-refractivity contribution in [2.75, 3.05) is 17.6 Å². The van der Waals surface area contributed by atoms with Crippen LogP contribution in [0.5, 0.6) is 11.5 Å². The Morgan fingerprint density at radius 3 is 2.49 bits per heavy atom. The molecule has 0 unspecified atom stereocenters. The number of carbonyl (C=O) groups excluding carboxylic acids is 1. The molecule has 0 bridgehead atoms. The van der Waals surface area contributed by atoms with Crippen molar-refractivity contribution in [1.29, 1.82) is 0 Å². The molecule has 0 spiro atoms. The number of nitro benzene ring substituents is 1. The van der Waals surface area contributed by atoms with Crippen LogP contribution in [0.4, 0.5) is 11.4 Å². The van der Waals surface area contributed by atoms with E-state index in [-0.39, 0.29) is 17.4 Å². The molecule has 0 fully saturated rings. The van der Waals surface area contributed by atoms with Crippen LogP contribution in [0.3, 0.4) is 0 Å². The summed E-state index contributed by atoms with van der Waals surface area (Å²) in [6.45, 7) is -0.655. The highest BCUT2D eigenvalue weighted by molar-refractivity contribution is 9.10. The zero-order chi connectivity index (χ0) is 25.0. The van der Waals surface area contributed by atoms with Crippen molar-refractivity contribution in [1.82, 2.24) is 5.43 Å². The van der Waals surface area contributed by atoms with E-state index in [0.717, 1.165) is 6.07 Å². The minimum Gasteiger partial charge on any atom is -0.454 e. The van der Waals surface area contributed by atoms with E-state index in [1.54, 1.807) is 18.2 Å². The molecule has 11 nitrogen and oxygen atoms in total. The molecule has 0 radical (unpaired) electrons. The van der Waals surface area contributed by atoms with Crippen LogP contribution in [0, 0.1) is 10.1 Å². The number of amides is 1. The fraction of sp³-hybridized carbons (Fsp3) is 0.0909. The van der Waals surface area contributed by atoms with Crippen LogP contribution in [0.15, 0.2) is 81.2 Å². The van der Waals surface area contributed by atoms with Gasteiger partial charge < -0.3 is 9.47 Å². The second-order valence-corrected chi connectivity index (χ2v) is 9.81. The molecule has 3 aromatic carbocycles. The van der Waals surface area contributed by atoms with Gasteiger partial charge in [0.25, 0.3) is 21.6 Å². The first-order valence-corrected chi connectivity index (χ1v) is 12.2. The van der Waals surface area contributed by atoms with Gasteiger partial charge in [-0.3, -0.25) is 14.9 Å². The number of halogens is 1. The lowest BCUT2D eigenvalue weighted by Gasteiger charge is -2.23. The number of ether oxygens (including phenoxy) is 2. The first-order chi connectivity index (χ1) is 16.8. The van der Waals surface area contributed by atoms with Gasteiger partial charge in [-0.05, 0) is 46.3 Å². The number of rotatable bonds is 8. The summed E-state index contributed by atoms with van der Waals surface area (Å²) in [6, 6.07) is 15.9. The summed E-state index contributed by atoms with van der Waals surface area (Å²) < 4.78 is 38.6. The van der Waals surface area contributed by atoms with Crippen LogP contribution >= 0.6 is 15.9 Å². The van der Waals surface area contributed by atoms with Crippen molar-refractivity contribution in [2.24, 2.45) is 5.10 Å². The third kappa shape index (κ3) is 5.25. The first kappa shape index (κ1) is 24.2. The minimum atomic E-state index is -4.32. The van der Waals surface area contributed by atoms with Crippen LogP contribution < -0.4 is 19.2 Å². The summed E-state index contributed by atoms with van der Waals surface area (Å²) in [5.74, 6) is 0.262. The average Bonchev–Trinajstić information content (AvgIpc) is 3.30. The molecule has 1 heterocycles. The number of nitrogens with zero attached hydrogens (tertiary/aromatic N) is 3. The zero-order valence-corrected chi connectivity index (χ0v) is 20.2. The van der Waals surface area contributed by atoms with Gasteiger partial charge in [-0.1, -0.05) is 30.3 Å². The number of carbonyl (C=O) groups is 1. The van der Waals surface area contributed by atoms with Crippen molar-refractivity contribution in [2.45, 2.75) is 4.90 Å². The number of para-hydroxylation sites is 2. The minimum absolute atomic E-state index is 0.0937. The van der Waals surface area contributed by atoms with E-state index in [1.165, 1.54) is 48.7 Å². The van der Waals surface area contributed by atoms with Crippen molar-refractivity contribution < 1.29 is 27.6 Å². The van der Waals surface area contributed by atoms with Crippen molar-refractivity contribution in [3.05, 3.63) is 86.9 Å². The van der Waals surface area contributed by atoms with Gasteiger partial charge in [-0.2, -0.15) is 5.10 Å². The average molecular weight is 561 g/mol. The molecule has 1 aliphatic heterocycles. The fourth-order valence-electron chi connectivity index (χ4n) is 3.22. The molecule has 180 valence electrons. The number of hydrogen-bond donors (Lipinski definition) is 1. The summed E-state index contributed by atoms with van der Waals surface area (Å²) in [5, 5.41) is 15.4. The van der Waals surface area contributed by atoms with Crippen molar-refractivity contribution in [3.8, 4) is 11.5 Å². The Morgan fingerprint density at radius 1 is 1.11 bits per heavy atom. The lowest BCUT2D eigenvalue weighted by molar-refractivity contribution is -0.384. The van der Waals surface area contributed by atoms with Crippen LogP contribution in [0.25, 0.3) is 0 Å². The molecular weight excluding hydrogens is 544 g/mol. The third-order valence-corrected chi connectivity index (χ3v) is 7.31. The monoisotopic (exact) mass is 560 g/mol. The number of hydrogen-bond acceptors (Lipinski definition) is 8. The molecule has 1 aliphatic rings. The highest BCUT2D eigenvalue weighted by Crippen LogP contribution is 2.36. The quantitative estimate of drug-likeness (QED) is 0.252. The number of hydrazone groups is 1. The molecule has 35 heavy (non-hydrogen) atoms. The van der Waals surface area contributed by atoms with Crippen LogP contribution in [-0.2, 0) is 14.8 Å². The van der Waals surface area contributed by atoms with Gasteiger partial charge >= 0.3 is 0 Å². The van der Waals surface area contributed by atoms with E-state index in [4.69, 9.17) is 9.47 Å². The van der Waals surface area contributed by atoms with Gasteiger partial charge in [0.05, 0.1) is 16.0 Å². The van der Waals surface area contributed by atoms with E-state index in [0.29, 0.717) is 25.8 Å². The number of nitrogens with one attached hydrogen (secondary N) is 1. The van der Waals surface area contributed by atoms with E-state index in [2.05, 4.69) is 26.5 Å². The third-order valence-electron chi connectivity index (χ3n) is 4.85. The molecule has 0 saturated heterocycles. The van der Waals surface area contributed by atoms with Gasteiger partial charge in [0.15, 0.2) is 11.5 Å². The topological polar surface area (TPSA) is 140 Å². The van der Waals surface area contributed by atoms with Crippen LogP contribution in [-0.4, -0.2) is 38.8 Å². The largest absolute Gasteiger partial charge is 0.454 e. The second-order valence-electron chi connectivity index (χ2n) is 7.09. The maximum absolute atomic E-state index is 13.3. The Bertz CT molecular complexity index is 1410. The smallest absolute Gasteiger partial charge is 0.293 e. The van der Waals surface area contributed by atoms with Gasteiger partial charge in [-0.25, -0.2) is 18.1 Å². The maximum Gasteiger partial charge on any atom is 0.293 e. The van der Waals surface area contributed by atoms with E-state index < -0.39 is 33.1 Å². The number of nitro groups is 1. The van der Waals surface area contributed by atoms with Gasteiger partial charge in [0.2, 0.25) is 6.79 Å². The summed E-state index contributed by atoms with van der Waals surface area (Å²) in [5.41, 5.74) is 2.12. The summed E-state index contributed by atoms with van der Waals surface area (Å²) in [7, 11) is -4.32. The highest BCUT2D eigenvalue weighted by atomic mass is 79.9. The fourth-order valence-corrected chi connectivity index (χ4v) is 5.10. The Labute approximate surface area is 208 Å². The van der Waals surface area contributed by atoms with E-state index >= 15 is 0 Å². The zero-order valence-electron chi connectivity index (χ0n) is 17.8. The normalized spacial score (nSPS) is 12.5. The Morgan fingerprint density at radius 2 is 1.77 bits per heavy atom. The molecule has 4 rings (SSSR count). The molecule has 13 heteroatoms. The lowest BCUT2D eigenvalue weighted by atomic mass is 10.2. The maximum atomic E-state index is 13.3. The summed E-state index contributed by atoms with van der Waals surface area (Å²) in [4.78, 5) is 23.4. The second kappa shape index (κ2) is 10.1. The van der Waals surface area contributed by atoms with Gasteiger partial charge in [0.1, 0.15) is 12.2 Å². The number of benzene rings is 3. The molecule has 0 aliphatic carbocycles. The van der Waals surface area contributed by atoms with Crippen molar-refractivity contribution in [3.63, 3.8) is 0 Å². The van der Waals surface area contributed by atoms with E-state index in [1.807, 2.05) is 0 Å². The lowest BCUT2D eigenvalue weighted by Crippen LogP contribution is -2.39. The SMILES string of the molecule is O=C(CN(c1ccccc1[N+](=O)[O-])S(=O)(=O)c1ccccc1)N/N=C\c1cc2c(cc1Br)OCO2. The van der Waals surface area contributed by atoms with Gasteiger partial charge in [0, 0.05) is 16.1 Å². The van der Waals surface area contributed by atoms with Crippen molar-refractivity contribution >= 4 is 49.4 Å². The predicted octanol–water partition coefficient (Wildman–Crippen LogP) is 3.43. The molecule has 3 aromatic rings. The Kier molecular flexibility index (Phi) is 6.98. The van der Waals surface area contributed by atoms with Crippen LogP contribution in [0.1, 0.15) is 5.56 Å². The summed E-state index contributed by atoms with van der Waals surface area (Å²) >= 11 is 3.37. The Hall–Kier alpha value is -3.97. The van der Waals surface area contributed by atoms with E-state index in [9.17, 15) is 23.3 Å². The molecular formula is C22H17BrN4O7S.